The number of hydrogen-bond acceptors (Lipinski definition) is 4. The second-order valence-electron chi connectivity index (χ2n) is 5.67. The lowest BCUT2D eigenvalue weighted by molar-refractivity contribution is -0.133. The van der Waals surface area contributed by atoms with E-state index in [0.717, 1.165) is 18.7 Å². The van der Waals surface area contributed by atoms with Crippen molar-refractivity contribution in [2.24, 2.45) is 0 Å². The zero-order chi connectivity index (χ0) is 17.4. The number of amides is 2. The van der Waals surface area contributed by atoms with E-state index >= 15 is 0 Å². The highest BCUT2D eigenvalue weighted by atomic mass is 35.5. The van der Waals surface area contributed by atoms with Crippen molar-refractivity contribution in [3.8, 4) is 0 Å². The third-order valence-electron chi connectivity index (χ3n) is 3.98. The topological polar surface area (TPSA) is 70.7 Å². The van der Waals surface area contributed by atoms with Gasteiger partial charge in [-0.3, -0.25) is 14.5 Å². The van der Waals surface area contributed by atoms with Crippen molar-refractivity contribution in [2.75, 3.05) is 32.8 Å². The molecule has 1 aliphatic rings. The van der Waals surface area contributed by atoms with Crippen molar-refractivity contribution < 1.29 is 14.3 Å². The van der Waals surface area contributed by atoms with Crippen LogP contribution in [0, 0.1) is 0 Å². The lowest BCUT2D eigenvalue weighted by Gasteiger charge is -2.33. The smallest absolute Gasteiger partial charge is 0.237 e. The summed E-state index contributed by atoms with van der Waals surface area (Å²) < 4.78 is 5.52. The molecular formula is C17H24ClN3O3. The van der Waals surface area contributed by atoms with E-state index in [1.165, 1.54) is 0 Å². The summed E-state index contributed by atoms with van der Waals surface area (Å²) >= 11 is 5.82. The maximum absolute atomic E-state index is 12.0. The molecule has 0 aliphatic carbocycles. The Hall–Kier alpha value is -1.63. The molecule has 24 heavy (non-hydrogen) atoms. The van der Waals surface area contributed by atoms with Crippen LogP contribution in [0.3, 0.4) is 0 Å². The van der Waals surface area contributed by atoms with Crippen LogP contribution in [-0.2, 0) is 20.9 Å². The molecule has 2 rings (SSSR count). The van der Waals surface area contributed by atoms with Gasteiger partial charge in [-0.05, 0) is 24.2 Å². The molecule has 1 saturated heterocycles. The number of carbonyl (C=O) groups excluding carboxylic acids is 2. The van der Waals surface area contributed by atoms with Crippen molar-refractivity contribution in [3.63, 3.8) is 0 Å². The van der Waals surface area contributed by atoms with Gasteiger partial charge >= 0.3 is 0 Å². The maximum Gasteiger partial charge on any atom is 0.237 e. The monoisotopic (exact) mass is 353 g/mol. The standard InChI is InChI=1S/C17H24ClN3O3/c1-2-21-9-7-20-17(23)15(21)11-16(22)19-8-10-24-12-13-3-5-14(18)6-4-13/h3-6,15H,2,7-12H2,1H3,(H,19,22)(H,20,23). The van der Waals surface area contributed by atoms with Crippen LogP contribution in [0.2, 0.25) is 5.02 Å². The largest absolute Gasteiger partial charge is 0.375 e. The summed E-state index contributed by atoms with van der Waals surface area (Å²) in [5.41, 5.74) is 1.03. The van der Waals surface area contributed by atoms with Crippen LogP contribution < -0.4 is 10.6 Å². The molecule has 2 amide bonds. The van der Waals surface area contributed by atoms with Crippen LogP contribution in [0.25, 0.3) is 0 Å². The van der Waals surface area contributed by atoms with Crippen LogP contribution in [0.15, 0.2) is 24.3 Å². The van der Waals surface area contributed by atoms with Crippen LogP contribution in [0.1, 0.15) is 18.9 Å². The SMILES string of the molecule is CCN1CCNC(=O)C1CC(=O)NCCOCc1ccc(Cl)cc1. The molecule has 1 fully saturated rings. The summed E-state index contributed by atoms with van der Waals surface area (Å²) in [7, 11) is 0. The molecule has 1 heterocycles. The van der Waals surface area contributed by atoms with Gasteiger partial charge < -0.3 is 15.4 Å². The fraction of sp³-hybridized carbons (Fsp3) is 0.529. The van der Waals surface area contributed by atoms with E-state index in [0.29, 0.717) is 31.3 Å². The number of benzene rings is 1. The number of nitrogens with one attached hydrogen (secondary N) is 2. The highest BCUT2D eigenvalue weighted by Crippen LogP contribution is 2.10. The number of piperazine rings is 1. The van der Waals surface area contributed by atoms with Gasteiger partial charge in [-0.1, -0.05) is 30.7 Å². The molecule has 0 aromatic heterocycles. The second-order valence-corrected chi connectivity index (χ2v) is 6.10. The number of ether oxygens (including phenoxy) is 1. The zero-order valence-electron chi connectivity index (χ0n) is 13.9. The fourth-order valence-electron chi connectivity index (χ4n) is 2.64. The molecule has 0 bridgehead atoms. The average molecular weight is 354 g/mol. The van der Waals surface area contributed by atoms with Crippen LogP contribution >= 0.6 is 11.6 Å². The second kappa shape index (κ2) is 9.61. The van der Waals surface area contributed by atoms with Gasteiger partial charge in [0.1, 0.15) is 0 Å². The van der Waals surface area contributed by atoms with Crippen LogP contribution in [0.4, 0.5) is 0 Å². The minimum atomic E-state index is -0.376. The predicted molar refractivity (Wildman–Crippen MR) is 92.8 cm³/mol. The predicted octanol–water partition coefficient (Wildman–Crippen LogP) is 1.18. The van der Waals surface area contributed by atoms with E-state index in [1.807, 2.05) is 36.1 Å². The van der Waals surface area contributed by atoms with Gasteiger partial charge in [-0.25, -0.2) is 0 Å². The van der Waals surface area contributed by atoms with Crippen molar-refractivity contribution in [3.05, 3.63) is 34.9 Å². The first-order valence-electron chi connectivity index (χ1n) is 8.20. The summed E-state index contributed by atoms with van der Waals surface area (Å²) in [6, 6.07) is 7.07. The van der Waals surface area contributed by atoms with E-state index in [2.05, 4.69) is 10.6 Å². The summed E-state index contributed by atoms with van der Waals surface area (Å²) in [5.74, 6) is -0.206. The first-order chi connectivity index (χ1) is 11.6. The molecule has 1 unspecified atom stereocenters. The Morgan fingerprint density at radius 1 is 1.42 bits per heavy atom. The molecule has 1 aliphatic heterocycles. The lowest BCUT2D eigenvalue weighted by Crippen LogP contribution is -2.56. The van der Waals surface area contributed by atoms with E-state index < -0.39 is 0 Å². The van der Waals surface area contributed by atoms with Crippen molar-refractivity contribution in [1.29, 1.82) is 0 Å². The highest BCUT2D eigenvalue weighted by Gasteiger charge is 2.30. The molecule has 2 N–H and O–H groups in total. The summed E-state index contributed by atoms with van der Waals surface area (Å²) in [6.07, 6.45) is 0.177. The molecule has 0 saturated carbocycles. The molecule has 1 aromatic rings. The zero-order valence-corrected chi connectivity index (χ0v) is 14.6. The third kappa shape index (κ3) is 5.78. The highest BCUT2D eigenvalue weighted by molar-refractivity contribution is 6.30. The first-order valence-corrected chi connectivity index (χ1v) is 8.58. The minimum absolute atomic E-state index is 0.0720. The molecule has 1 aromatic carbocycles. The molecular weight excluding hydrogens is 330 g/mol. The third-order valence-corrected chi connectivity index (χ3v) is 4.23. The van der Waals surface area contributed by atoms with Crippen molar-refractivity contribution >= 4 is 23.4 Å². The summed E-state index contributed by atoms with van der Waals surface area (Å²) in [4.78, 5) is 25.9. The Kier molecular flexibility index (Phi) is 7.49. The summed E-state index contributed by atoms with van der Waals surface area (Å²) in [6.45, 7) is 5.49. The van der Waals surface area contributed by atoms with Crippen molar-refractivity contribution in [2.45, 2.75) is 26.0 Å². The Bertz CT molecular complexity index is 551. The number of halogens is 1. The Labute approximate surface area is 147 Å². The number of rotatable bonds is 8. The van der Waals surface area contributed by atoms with E-state index in [4.69, 9.17) is 16.3 Å². The van der Waals surface area contributed by atoms with Gasteiger partial charge in [0.05, 0.1) is 25.7 Å². The molecule has 1 atom stereocenters. The fourth-order valence-corrected chi connectivity index (χ4v) is 2.77. The quantitative estimate of drug-likeness (QED) is 0.689. The van der Waals surface area contributed by atoms with Crippen LogP contribution in [0.5, 0.6) is 0 Å². The van der Waals surface area contributed by atoms with Gasteiger partial charge in [0.15, 0.2) is 0 Å². The minimum Gasteiger partial charge on any atom is -0.375 e. The Morgan fingerprint density at radius 2 is 2.17 bits per heavy atom. The number of hydrogen-bond donors (Lipinski definition) is 2. The van der Waals surface area contributed by atoms with Gasteiger partial charge in [-0.15, -0.1) is 0 Å². The van der Waals surface area contributed by atoms with Gasteiger partial charge in [0, 0.05) is 24.7 Å². The maximum atomic E-state index is 12.0. The van der Waals surface area contributed by atoms with E-state index in [-0.39, 0.29) is 24.3 Å². The summed E-state index contributed by atoms with van der Waals surface area (Å²) in [5, 5.41) is 6.30. The molecule has 0 radical (unpaired) electrons. The average Bonchev–Trinajstić information content (AvgIpc) is 2.58. The van der Waals surface area contributed by atoms with E-state index in [1.54, 1.807) is 0 Å². The van der Waals surface area contributed by atoms with Gasteiger partial charge in [0.25, 0.3) is 0 Å². The number of nitrogens with zero attached hydrogens (tertiary/aromatic N) is 1. The van der Waals surface area contributed by atoms with Crippen LogP contribution in [-0.4, -0.2) is 55.5 Å². The molecule has 6 nitrogen and oxygen atoms in total. The van der Waals surface area contributed by atoms with Gasteiger partial charge in [0.2, 0.25) is 11.8 Å². The number of likely N-dealkylation sites (N-methyl/N-ethyl adjacent to an activating group) is 1. The molecule has 0 spiro atoms. The van der Waals surface area contributed by atoms with E-state index in [9.17, 15) is 9.59 Å². The molecule has 7 heteroatoms. The number of carbonyl (C=O) groups is 2. The van der Waals surface area contributed by atoms with Gasteiger partial charge in [-0.2, -0.15) is 0 Å². The van der Waals surface area contributed by atoms with Crippen molar-refractivity contribution in [1.82, 2.24) is 15.5 Å². The molecule has 132 valence electrons. The normalized spacial score (nSPS) is 18.2. The lowest BCUT2D eigenvalue weighted by atomic mass is 10.1. The first kappa shape index (κ1) is 18.7. The Morgan fingerprint density at radius 3 is 2.88 bits per heavy atom. The Balaban J connectivity index is 1.64.